The van der Waals surface area contributed by atoms with Crippen LogP contribution in [0.2, 0.25) is 0 Å². The fourth-order valence-corrected chi connectivity index (χ4v) is 3.47. The first-order valence-corrected chi connectivity index (χ1v) is 7.70. The lowest BCUT2D eigenvalue weighted by molar-refractivity contribution is 0.0711. The van der Waals surface area contributed by atoms with Gasteiger partial charge in [0.15, 0.2) is 0 Å². The van der Waals surface area contributed by atoms with Gasteiger partial charge in [-0.05, 0) is 38.5 Å². The number of aromatic nitrogens is 1. The first kappa shape index (κ1) is 15.3. The van der Waals surface area contributed by atoms with Gasteiger partial charge in [0.05, 0.1) is 13.2 Å². The van der Waals surface area contributed by atoms with Crippen LogP contribution in [0.1, 0.15) is 49.4 Å². The van der Waals surface area contributed by atoms with Crippen LogP contribution in [0.25, 0.3) is 0 Å². The summed E-state index contributed by atoms with van der Waals surface area (Å²) in [7, 11) is 1.69. The molecule has 1 N–H and O–H groups in total. The molecule has 3 unspecified atom stereocenters. The molecule has 1 saturated carbocycles. The van der Waals surface area contributed by atoms with Gasteiger partial charge in [0, 0.05) is 29.4 Å². The minimum Gasteiger partial charge on any atom is -0.496 e. The minimum atomic E-state index is -0.281. The van der Waals surface area contributed by atoms with Gasteiger partial charge in [0.25, 0.3) is 0 Å². The molecule has 3 heteroatoms. The van der Waals surface area contributed by atoms with Crippen molar-refractivity contribution in [3.8, 4) is 5.75 Å². The SMILES string of the molecule is COc1c(C)cnc(CC(O)C2CCCC(C)C2)c1C. The number of pyridine rings is 1. The summed E-state index contributed by atoms with van der Waals surface area (Å²) in [6.07, 6.45) is 7.04. The number of ether oxygens (including phenoxy) is 1. The first-order valence-electron chi connectivity index (χ1n) is 7.70. The van der Waals surface area contributed by atoms with Gasteiger partial charge in [0.2, 0.25) is 0 Å². The van der Waals surface area contributed by atoms with E-state index in [-0.39, 0.29) is 6.10 Å². The van der Waals surface area contributed by atoms with Crippen molar-refractivity contribution in [2.24, 2.45) is 11.8 Å². The van der Waals surface area contributed by atoms with Crippen molar-refractivity contribution >= 4 is 0 Å². The predicted octanol–water partition coefficient (Wildman–Crippen LogP) is 3.44. The molecule has 0 aliphatic heterocycles. The molecule has 112 valence electrons. The topological polar surface area (TPSA) is 42.4 Å². The summed E-state index contributed by atoms with van der Waals surface area (Å²) in [5, 5.41) is 10.5. The van der Waals surface area contributed by atoms with Gasteiger partial charge in [-0.25, -0.2) is 0 Å². The van der Waals surface area contributed by atoms with E-state index in [4.69, 9.17) is 4.74 Å². The molecule has 0 amide bonds. The minimum absolute atomic E-state index is 0.281. The highest BCUT2D eigenvalue weighted by atomic mass is 16.5. The number of hydrogen-bond acceptors (Lipinski definition) is 3. The Morgan fingerprint density at radius 3 is 2.80 bits per heavy atom. The molecule has 1 aromatic rings. The van der Waals surface area contributed by atoms with E-state index in [0.717, 1.165) is 41.3 Å². The van der Waals surface area contributed by atoms with Crippen LogP contribution in [0.15, 0.2) is 6.20 Å². The van der Waals surface area contributed by atoms with E-state index in [0.29, 0.717) is 12.3 Å². The average molecular weight is 277 g/mol. The average Bonchev–Trinajstić information content (AvgIpc) is 2.42. The van der Waals surface area contributed by atoms with Crippen molar-refractivity contribution < 1.29 is 9.84 Å². The fraction of sp³-hybridized carbons (Fsp3) is 0.706. The number of rotatable bonds is 4. The normalized spacial score (nSPS) is 24.4. The van der Waals surface area contributed by atoms with Crippen molar-refractivity contribution in [3.05, 3.63) is 23.0 Å². The van der Waals surface area contributed by atoms with Gasteiger partial charge in [-0.15, -0.1) is 0 Å². The molecule has 20 heavy (non-hydrogen) atoms. The van der Waals surface area contributed by atoms with Crippen LogP contribution in [-0.4, -0.2) is 23.3 Å². The van der Waals surface area contributed by atoms with Crippen LogP contribution < -0.4 is 4.74 Å². The molecule has 1 aliphatic carbocycles. The highest BCUT2D eigenvalue weighted by Crippen LogP contribution is 2.33. The third-order valence-electron chi connectivity index (χ3n) is 4.67. The van der Waals surface area contributed by atoms with E-state index in [1.54, 1.807) is 7.11 Å². The zero-order valence-electron chi connectivity index (χ0n) is 13.1. The van der Waals surface area contributed by atoms with E-state index < -0.39 is 0 Å². The van der Waals surface area contributed by atoms with Gasteiger partial charge in [-0.2, -0.15) is 0 Å². The van der Waals surface area contributed by atoms with Crippen molar-refractivity contribution in [2.75, 3.05) is 7.11 Å². The highest BCUT2D eigenvalue weighted by molar-refractivity contribution is 5.41. The molecular weight excluding hydrogens is 250 g/mol. The Kier molecular flexibility index (Phi) is 5.03. The quantitative estimate of drug-likeness (QED) is 0.916. The smallest absolute Gasteiger partial charge is 0.128 e. The summed E-state index contributed by atoms with van der Waals surface area (Å²) in [5.74, 6) is 2.07. The van der Waals surface area contributed by atoms with Crippen LogP contribution >= 0.6 is 0 Å². The number of methoxy groups -OCH3 is 1. The number of aryl methyl sites for hydroxylation is 1. The van der Waals surface area contributed by atoms with Gasteiger partial charge in [-0.3, -0.25) is 4.98 Å². The Balaban J connectivity index is 2.09. The van der Waals surface area contributed by atoms with Crippen LogP contribution in [0.4, 0.5) is 0 Å². The maximum atomic E-state index is 10.5. The van der Waals surface area contributed by atoms with Crippen molar-refractivity contribution in [2.45, 2.75) is 59.0 Å². The van der Waals surface area contributed by atoms with Gasteiger partial charge in [0.1, 0.15) is 5.75 Å². The lowest BCUT2D eigenvalue weighted by Gasteiger charge is -2.30. The maximum Gasteiger partial charge on any atom is 0.128 e. The molecule has 3 atom stereocenters. The molecule has 1 aromatic heterocycles. The monoisotopic (exact) mass is 277 g/mol. The number of aliphatic hydroxyl groups excluding tert-OH is 1. The number of aliphatic hydroxyl groups is 1. The molecule has 0 bridgehead atoms. The summed E-state index contributed by atoms with van der Waals surface area (Å²) in [4.78, 5) is 4.50. The second kappa shape index (κ2) is 6.57. The van der Waals surface area contributed by atoms with Gasteiger partial charge >= 0.3 is 0 Å². The molecular formula is C17H27NO2. The molecule has 1 heterocycles. The van der Waals surface area contributed by atoms with Crippen LogP contribution in [0.5, 0.6) is 5.75 Å². The molecule has 0 saturated heterocycles. The zero-order chi connectivity index (χ0) is 14.7. The standard InChI is InChI=1S/C17H27NO2/c1-11-6-5-7-14(8-11)16(19)9-15-13(3)17(20-4)12(2)10-18-15/h10-11,14,16,19H,5-9H2,1-4H3. The largest absolute Gasteiger partial charge is 0.496 e. The predicted molar refractivity (Wildman–Crippen MR) is 81.1 cm³/mol. The lowest BCUT2D eigenvalue weighted by Crippen LogP contribution is -2.28. The van der Waals surface area contributed by atoms with E-state index >= 15 is 0 Å². The van der Waals surface area contributed by atoms with E-state index in [2.05, 4.69) is 11.9 Å². The fourth-order valence-electron chi connectivity index (χ4n) is 3.47. The number of nitrogens with zero attached hydrogens (tertiary/aromatic N) is 1. The molecule has 0 aromatic carbocycles. The molecule has 3 nitrogen and oxygen atoms in total. The van der Waals surface area contributed by atoms with Crippen molar-refractivity contribution in [1.29, 1.82) is 0 Å². The second-order valence-corrected chi connectivity index (χ2v) is 6.35. The van der Waals surface area contributed by atoms with E-state index in [9.17, 15) is 5.11 Å². The Labute approximate surface area is 122 Å². The maximum absolute atomic E-state index is 10.5. The van der Waals surface area contributed by atoms with Gasteiger partial charge < -0.3 is 9.84 Å². The lowest BCUT2D eigenvalue weighted by atomic mass is 9.78. The highest BCUT2D eigenvalue weighted by Gasteiger charge is 2.26. The summed E-state index contributed by atoms with van der Waals surface area (Å²) in [6, 6.07) is 0. The van der Waals surface area contributed by atoms with Crippen LogP contribution in [0, 0.1) is 25.7 Å². The molecule has 0 radical (unpaired) electrons. The summed E-state index contributed by atoms with van der Waals surface area (Å²) in [6.45, 7) is 6.32. The third-order valence-corrected chi connectivity index (χ3v) is 4.67. The summed E-state index contributed by atoms with van der Waals surface area (Å²) in [5.41, 5.74) is 3.09. The molecule has 2 rings (SSSR count). The third kappa shape index (κ3) is 3.32. The van der Waals surface area contributed by atoms with E-state index in [1.807, 2.05) is 20.0 Å². The first-order chi connectivity index (χ1) is 9.52. The van der Waals surface area contributed by atoms with Crippen LogP contribution in [-0.2, 0) is 6.42 Å². The Morgan fingerprint density at radius 1 is 1.40 bits per heavy atom. The van der Waals surface area contributed by atoms with Crippen molar-refractivity contribution in [3.63, 3.8) is 0 Å². The second-order valence-electron chi connectivity index (χ2n) is 6.35. The summed E-state index contributed by atoms with van der Waals surface area (Å²) < 4.78 is 5.44. The van der Waals surface area contributed by atoms with Gasteiger partial charge in [-0.1, -0.05) is 19.8 Å². The molecule has 1 aliphatic rings. The van der Waals surface area contributed by atoms with E-state index in [1.165, 1.54) is 12.8 Å². The Bertz CT molecular complexity index is 459. The Hall–Kier alpha value is -1.09. The summed E-state index contributed by atoms with van der Waals surface area (Å²) >= 11 is 0. The molecule has 1 fully saturated rings. The Morgan fingerprint density at radius 2 is 2.15 bits per heavy atom. The van der Waals surface area contributed by atoms with Crippen molar-refractivity contribution in [1.82, 2.24) is 4.98 Å². The zero-order valence-corrected chi connectivity index (χ0v) is 13.1. The van der Waals surface area contributed by atoms with Crippen LogP contribution in [0.3, 0.4) is 0 Å². The molecule has 0 spiro atoms. The number of hydrogen-bond donors (Lipinski definition) is 1.